The van der Waals surface area contributed by atoms with Crippen molar-refractivity contribution in [2.45, 2.75) is 19.0 Å². The molecule has 0 amide bonds. The Morgan fingerprint density at radius 3 is 3.12 bits per heavy atom. The van der Waals surface area contributed by atoms with Gasteiger partial charge in [0.2, 0.25) is 0 Å². The summed E-state index contributed by atoms with van der Waals surface area (Å²) in [5.74, 6) is -0.453. The van der Waals surface area contributed by atoms with E-state index in [1.807, 2.05) is 0 Å². The van der Waals surface area contributed by atoms with Crippen molar-refractivity contribution in [3.8, 4) is 0 Å². The number of hydrogen-bond acceptors (Lipinski definition) is 3. The van der Waals surface area contributed by atoms with Gasteiger partial charge in [0.15, 0.2) is 0 Å². The summed E-state index contributed by atoms with van der Waals surface area (Å²) in [7, 11) is 0. The Morgan fingerprint density at radius 1 is 1.47 bits per heavy atom. The van der Waals surface area contributed by atoms with Crippen molar-refractivity contribution >= 4 is 10.9 Å². The van der Waals surface area contributed by atoms with Crippen LogP contribution in [0.5, 0.6) is 0 Å². The summed E-state index contributed by atoms with van der Waals surface area (Å²) in [6.45, 7) is 0.901. The van der Waals surface area contributed by atoms with E-state index in [1.165, 1.54) is 18.5 Å². The summed E-state index contributed by atoms with van der Waals surface area (Å²) in [5.41, 5.74) is -0.0411. The van der Waals surface area contributed by atoms with Crippen molar-refractivity contribution < 1.29 is 4.39 Å². The van der Waals surface area contributed by atoms with Gasteiger partial charge in [-0.2, -0.15) is 0 Å². The molecule has 0 saturated carbocycles. The van der Waals surface area contributed by atoms with Gasteiger partial charge in [-0.3, -0.25) is 14.7 Å². The predicted octanol–water partition coefficient (Wildman–Crippen LogP) is 1.42. The molecule has 1 aliphatic heterocycles. The lowest BCUT2D eigenvalue weighted by atomic mass is 10.2. The Kier molecular flexibility index (Phi) is 2.40. The maximum atomic E-state index is 13.4. The van der Waals surface area contributed by atoms with Crippen molar-refractivity contribution in [1.29, 1.82) is 0 Å². The van der Waals surface area contributed by atoms with E-state index in [9.17, 15) is 9.18 Å². The lowest BCUT2D eigenvalue weighted by Gasteiger charge is -2.13. The van der Waals surface area contributed by atoms with Crippen LogP contribution in [0.1, 0.15) is 19.0 Å². The molecule has 1 atom stereocenters. The van der Waals surface area contributed by atoms with Crippen LogP contribution in [0.2, 0.25) is 0 Å². The smallest absolute Gasteiger partial charge is 0.262 e. The van der Waals surface area contributed by atoms with E-state index in [2.05, 4.69) is 10.3 Å². The average molecular weight is 233 g/mol. The largest absolute Gasteiger partial charge is 0.297 e. The van der Waals surface area contributed by atoms with Gasteiger partial charge in [0.25, 0.3) is 5.56 Å². The summed E-state index contributed by atoms with van der Waals surface area (Å²) in [4.78, 5) is 16.2. The number of hydrogen-bond donors (Lipinski definition) is 1. The van der Waals surface area contributed by atoms with Gasteiger partial charge in [0.05, 0.1) is 17.9 Å². The minimum atomic E-state index is -0.453. The Labute approximate surface area is 97.1 Å². The third kappa shape index (κ3) is 1.63. The fraction of sp³-hybridized carbons (Fsp3) is 0.333. The Hall–Kier alpha value is -1.75. The molecule has 4 nitrogen and oxygen atoms in total. The first-order valence-corrected chi connectivity index (χ1v) is 5.66. The van der Waals surface area contributed by atoms with Gasteiger partial charge in [-0.25, -0.2) is 9.37 Å². The topological polar surface area (TPSA) is 46.9 Å². The number of benzene rings is 1. The maximum Gasteiger partial charge on any atom is 0.262 e. The molecular weight excluding hydrogens is 221 g/mol. The number of fused-ring (bicyclic) bond motifs is 1. The van der Waals surface area contributed by atoms with Crippen LogP contribution in [0, 0.1) is 5.82 Å². The standard InChI is InChI=1S/C12H12FN3O/c13-9-4-1-3-8-11(9)15-7-16(12(8)17)10-5-2-6-14-10/h1,3-4,7,10,14H,2,5-6H2. The number of halogens is 1. The monoisotopic (exact) mass is 233 g/mol. The second-order valence-electron chi connectivity index (χ2n) is 4.21. The molecule has 0 aliphatic carbocycles. The van der Waals surface area contributed by atoms with Gasteiger partial charge < -0.3 is 0 Å². The van der Waals surface area contributed by atoms with Gasteiger partial charge >= 0.3 is 0 Å². The first-order chi connectivity index (χ1) is 8.27. The summed E-state index contributed by atoms with van der Waals surface area (Å²) in [6, 6.07) is 4.46. The second-order valence-corrected chi connectivity index (χ2v) is 4.21. The summed E-state index contributed by atoms with van der Waals surface area (Å²) in [5, 5.41) is 3.56. The van der Waals surface area contributed by atoms with E-state index < -0.39 is 5.82 Å². The van der Waals surface area contributed by atoms with Crippen molar-refractivity contribution in [3.05, 3.63) is 40.7 Å². The van der Waals surface area contributed by atoms with Gasteiger partial charge in [0.1, 0.15) is 11.3 Å². The highest BCUT2D eigenvalue weighted by atomic mass is 19.1. The number of para-hydroxylation sites is 1. The van der Waals surface area contributed by atoms with Crippen LogP contribution in [0.4, 0.5) is 4.39 Å². The van der Waals surface area contributed by atoms with Crippen molar-refractivity contribution in [1.82, 2.24) is 14.9 Å². The molecule has 1 fully saturated rings. The number of nitrogens with zero attached hydrogens (tertiary/aromatic N) is 2. The zero-order chi connectivity index (χ0) is 11.8. The third-order valence-corrected chi connectivity index (χ3v) is 3.13. The molecule has 1 N–H and O–H groups in total. The highest BCUT2D eigenvalue weighted by Gasteiger charge is 2.18. The van der Waals surface area contributed by atoms with E-state index in [-0.39, 0.29) is 17.2 Å². The molecule has 0 spiro atoms. The summed E-state index contributed by atoms with van der Waals surface area (Å²) >= 11 is 0. The molecule has 1 aromatic heterocycles. The highest BCUT2D eigenvalue weighted by molar-refractivity contribution is 5.77. The van der Waals surface area contributed by atoms with E-state index in [0.29, 0.717) is 5.39 Å². The van der Waals surface area contributed by atoms with Crippen LogP contribution >= 0.6 is 0 Å². The molecule has 17 heavy (non-hydrogen) atoms. The van der Waals surface area contributed by atoms with Gasteiger partial charge in [-0.05, 0) is 31.5 Å². The second kappa shape index (κ2) is 3.92. The lowest BCUT2D eigenvalue weighted by molar-refractivity contribution is 0.452. The van der Waals surface area contributed by atoms with Crippen LogP contribution < -0.4 is 10.9 Å². The molecule has 1 saturated heterocycles. The zero-order valence-corrected chi connectivity index (χ0v) is 9.19. The maximum absolute atomic E-state index is 13.4. The highest BCUT2D eigenvalue weighted by Crippen LogP contribution is 2.16. The summed E-state index contributed by atoms with van der Waals surface area (Å²) in [6.07, 6.45) is 3.36. The quantitative estimate of drug-likeness (QED) is 0.810. The van der Waals surface area contributed by atoms with E-state index in [4.69, 9.17) is 0 Å². The Balaban J connectivity index is 2.22. The normalized spacial score (nSPS) is 19.9. The van der Waals surface area contributed by atoms with Crippen LogP contribution in [0.15, 0.2) is 29.3 Å². The zero-order valence-electron chi connectivity index (χ0n) is 9.19. The van der Waals surface area contributed by atoms with Gasteiger partial charge in [-0.1, -0.05) is 6.07 Å². The first kappa shape index (κ1) is 10.4. The minimum Gasteiger partial charge on any atom is -0.297 e. The van der Waals surface area contributed by atoms with E-state index >= 15 is 0 Å². The molecule has 1 aliphatic rings. The SMILES string of the molecule is O=c1c2cccc(F)c2ncn1C1CCCN1. The van der Waals surface area contributed by atoms with Crippen molar-refractivity contribution in [2.24, 2.45) is 0 Å². The number of nitrogens with one attached hydrogen (secondary N) is 1. The van der Waals surface area contributed by atoms with Crippen LogP contribution in [-0.2, 0) is 0 Å². The summed E-state index contributed by atoms with van der Waals surface area (Å²) < 4.78 is 15.0. The van der Waals surface area contributed by atoms with Gasteiger partial charge in [0, 0.05) is 0 Å². The Bertz CT molecular complexity index is 617. The molecule has 5 heteroatoms. The molecule has 0 radical (unpaired) electrons. The first-order valence-electron chi connectivity index (χ1n) is 5.66. The van der Waals surface area contributed by atoms with E-state index in [0.717, 1.165) is 19.4 Å². The number of rotatable bonds is 1. The molecule has 0 bridgehead atoms. The molecular formula is C12H12FN3O. The Morgan fingerprint density at radius 2 is 2.35 bits per heavy atom. The predicted molar refractivity (Wildman–Crippen MR) is 62.2 cm³/mol. The molecule has 1 aromatic carbocycles. The molecule has 88 valence electrons. The lowest BCUT2D eigenvalue weighted by Crippen LogP contribution is -2.30. The van der Waals surface area contributed by atoms with Crippen LogP contribution in [0.25, 0.3) is 10.9 Å². The van der Waals surface area contributed by atoms with Crippen LogP contribution in [-0.4, -0.2) is 16.1 Å². The van der Waals surface area contributed by atoms with Crippen molar-refractivity contribution in [2.75, 3.05) is 6.54 Å². The van der Waals surface area contributed by atoms with E-state index in [1.54, 1.807) is 10.6 Å². The fourth-order valence-corrected chi connectivity index (χ4v) is 2.26. The molecule has 1 unspecified atom stereocenters. The molecule has 3 rings (SSSR count). The third-order valence-electron chi connectivity index (χ3n) is 3.13. The van der Waals surface area contributed by atoms with Crippen LogP contribution in [0.3, 0.4) is 0 Å². The van der Waals surface area contributed by atoms with Crippen molar-refractivity contribution in [3.63, 3.8) is 0 Å². The molecule has 2 heterocycles. The average Bonchev–Trinajstić information content (AvgIpc) is 2.84. The molecule has 2 aromatic rings. The fourth-order valence-electron chi connectivity index (χ4n) is 2.26. The van der Waals surface area contributed by atoms with Gasteiger partial charge in [-0.15, -0.1) is 0 Å². The number of aromatic nitrogens is 2. The minimum absolute atomic E-state index is 0.0114.